The van der Waals surface area contributed by atoms with Crippen LogP contribution in [0.2, 0.25) is 0 Å². The topological polar surface area (TPSA) is 17.1 Å². The van der Waals surface area contributed by atoms with E-state index in [2.05, 4.69) is 15.9 Å². The van der Waals surface area contributed by atoms with Gasteiger partial charge in [0.1, 0.15) is 5.82 Å². The highest BCUT2D eigenvalue weighted by molar-refractivity contribution is 9.10. The highest BCUT2D eigenvalue weighted by Gasteiger charge is 2.15. The zero-order valence-corrected chi connectivity index (χ0v) is 9.55. The zero-order chi connectivity index (χ0) is 10.6. The van der Waals surface area contributed by atoms with Crippen molar-refractivity contribution in [2.45, 2.75) is 24.6 Å². The number of hydrogen-bond donors (Lipinski definition) is 0. The summed E-state index contributed by atoms with van der Waals surface area (Å²) < 4.78 is 12.6. The second kappa shape index (κ2) is 5.25. The minimum Gasteiger partial charge on any atom is -0.293 e. The number of hydrogen-bond acceptors (Lipinski definition) is 1. The minimum absolute atomic E-state index is 0.0202. The summed E-state index contributed by atoms with van der Waals surface area (Å²) in [6.07, 6.45) is 1.75. The van der Waals surface area contributed by atoms with Crippen LogP contribution in [-0.4, -0.2) is 10.6 Å². The van der Waals surface area contributed by atoms with Gasteiger partial charge in [0.15, 0.2) is 5.78 Å². The second-order valence-corrected chi connectivity index (χ2v) is 4.23. The largest absolute Gasteiger partial charge is 0.293 e. The number of benzene rings is 1. The van der Waals surface area contributed by atoms with Crippen molar-refractivity contribution in [3.63, 3.8) is 0 Å². The predicted molar refractivity (Wildman–Crippen MR) is 58.4 cm³/mol. The van der Waals surface area contributed by atoms with Crippen molar-refractivity contribution in [3.8, 4) is 0 Å². The second-order valence-electron chi connectivity index (χ2n) is 3.13. The first kappa shape index (κ1) is 11.4. The molecule has 0 bridgehead atoms. The summed E-state index contributed by atoms with van der Waals surface area (Å²) in [6, 6.07) is 5.64. The van der Waals surface area contributed by atoms with Gasteiger partial charge in [-0.3, -0.25) is 4.79 Å². The summed E-state index contributed by atoms with van der Waals surface area (Å²) in [5.41, 5.74) is 0.557. The average Bonchev–Trinajstić information content (AvgIpc) is 2.18. The molecule has 0 spiro atoms. The van der Waals surface area contributed by atoms with Crippen LogP contribution in [0.1, 0.15) is 30.1 Å². The molecule has 0 saturated heterocycles. The molecule has 14 heavy (non-hydrogen) atoms. The van der Waals surface area contributed by atoms with Crippen LogP contribution in [0, 0.1) is 5.82 Å². The van der Waals surface area contributed by atoms with Gasteiger partial charge in [-0.25, -0.2) is 4.39 Å². The van der Waals surface area contributed by atoms with E-state index in [1.165, 1.54) is 24.3 Å². The van der Waals surface area contributed by atoms with Gasteiger partial charge in [0.2, 0.25) is 0 Å². The van der Waals surface area contributed by atoms with Crippen LogP contribution in [0.5, 0.6) is 0 Å². The Labute approximate surface area is 91.5 Å². The number of ketones is 1. The molecule has 0 amide bonds. The first-order valence-corrected chi connectivity index (χ1v) is 5.50. The van der Waals surface area contributed by atoms with Gasteiger partial charge in [-0.05, 0) is 30.7 Å². The molecule has 1 unspecified atom stereocenters. The van der Waals surface area contributed by atoms with E-state index in [0.717, 1.165) is 12.8 Å². The van der Waals surface area contributed by atoms with E-state index in [-0.39, 0.29) is 16.4 Å². The van der Waals surface area contributed by atoms with Gasteiger partial charge in [-0.1, -0.05) is 29.3 Å². The van der Waals surface area contributed by atoms with Crippen LogP contribution in [-0.2, 0) is 0 Å². The molecule has 0 aliphatic heterocycles. The van der Waals surface area contributed by atoms with Crippen LogP contribution in [0.25, 0.3) is 0 Å². The number of rotatable bonds is 4. The Bertz CT molecular complexity index is 308. The van der Waals surface area contributed by atoms with Crippen molar-refractivity contribution < 1.29 is 9.18 Å². The summed E-state index contributed by atoms with van der Waals surface area (Å²) in [6.45, 7) is 2.02. The van der Waals surface area contributed by atoms with E-state index < -0.39 is 0 Å². The van der Waals surface area contributed by atoms with E-state index in [0.29, 0.717) is 5.56 Å². The van der Waals surface area contributed by atoms with Crippen LogP contribution >= 0.6 is 15.9 Å². The SMILES string of the molecule is CCCC(Br)C(=O)c1ccc(F)cc1. The van der Waals surface area contributed by atoms with E-state index in [9.17, 15) is 9.18 Å². The molecule has 1 nitrogen and oxygen atoms in total. The van der Waals surface area contributed by atoms with Gasteiger partial charge in [-0.2, -0.15) is 0 Å². The normalized spacial score (nSPS) is 12.5. The fraction of sp³-hybridized carbons (Fsp3) is 0.364. The third-order valence-electron chi connectivity index (χ3n) is 1.96. The summed E-state index contributed by atoms with van der Waals surface area (Å²) in [4.78, 5) is 11.5. The molecule has 0 aromatic heterocycles. The number of carbonyl (C=O) groups excluding carboxylic acids is 1. The first-order valence-electron chi connectivity index (χ1n) is 4.59. The first-order chi connectivity index (χ1) is 6.65. The lowest BCUT2D eigenvalue weighted by atomic mass is 10.1. The molecule has 0 aliphatic rings. The summed E-state index contributed by atoms with van der Waals surface area (Å²) in [5.74, 6) is -0.296. The molecule has 1 atom stereocenters. The van der Waals surface area contributed by atoms with Crippen molar-refractivity contribution in [1.29, 1.82) is 0 Å². The van der Waals surface area contributed by atoms with Crippen molar-refractivity contribution in [1.82, 2.24) is 0 Å². The molecule has 1 aromatic carbocycles. The Morgan fingerprint density at radius 1 is 1.43 bits per heavy atom. The summed E-state index contributed by atoms with van der Waals surface area (Å²) in [5, 5.41) is 0. The quantitative estimate of drug-likeness (QED) is 0.596. The predicted octanol–water partition coefficient (Wildman–Crippen LogP) is 3.57. The standard InChI is InChI=1S/C11H12BrFO/c1-2-3-10(12)11(14)8-4-6-9(13)7-5-8/h4-7,10H,2-3H2,1H3. The van der Waals surface area contributed by atoms with E-state index in [1.54, 1.807) is 0 Å². The van der Waals surface area contributed by atoms with Crippen molar-refractivity contribution in [2.24, 2.45) is 0 Å². The van der Waals surface area contributed by atoms with Crippen LogP contribution in [0.4, 0.5) is 4.39 Å². The molecular weight excluding hydrogens is 247 g/mol. The van der Waals surface area contributed by atoms with Gasteiger partial charge in [-0.15, -0.1) is 0 Å². The van der Waals surface area contributed by atoms with Crippen molar-refractivity contribution >= 4 is 21.7 Å². The van der Waals surface area contributed by atoms with Crippen LogP contribution < -0.4 is 0 Å². The fourth-order valence-corrected chi connectivity index (χ4v) is 1.90. The molecule has 1 aromatic rings. The Morgan fingerprint density at radius 2 is 2.00 bits per heavy atom. The lowest BCUT2D eigenvalue weighted by molar-refractivity contribution is 0.0988. The maximum atomic E-state index is 12.6. The van der Waals surface area contributed by atoms with Gasteiger partial charge < -0.3 is 0 Å². The fourth-order valence-electron chi connectivity index (χ4n) is 1.18. The van der Waals surface area contributed by atoms with Crippen molar-refractivity contribution in [3.05, 3.63) is 35.6 Å². The van der Waals surface area contributed by atoms with E-state index in [1.807, 2.05) is 6.92 Å². The lowest BCUT2D eigenvalue weighted by Crippen LogP contribution is -2.13. The zero-order valence-electron chi connectivity index (χ0n) is 7.97. The molecule has 0 saturated carbocycles. The van der Waals surface area contributed by atoms with E-state index >= 15 is 0 Å². The number of carbonyl (C=O) groups is 1. The highest BCUT2D eigenvalue weighted by Crippen LogP contribution is 2.15. The number of Topliss-reactive ketones (excluding diaryl/α,β-unsaturated/α-hetero) is 1. The minimum atomic E-state index is -0.317. The van der Waals surface area contributed by atoms with Gasteiger partial charge in [0, 0.05) is 5.56 Å². The third-order valence-corrected chi connectivity index (χ3v) is 2.83. The monoisotopic (exact) mass is 258 g/mol. The maximum Gasteiger partial charge on any atom is 0.176 e. The Morgan fingerprint density at radius 3 is 2.50 bits per heavy atom. The molecule has 0 heterocycles. The Kier molecular flexibility index (Phi) is 4.26. The van der Waals surface area contributed by atoms with Gasteiger partial charge in [0.05, 0.1) is 4.83 Å². The molecule has 0 fully saturated rings. The molecule has 3 heteroatoms. The Hall–Kier alpha value is -0.700. The third kappa shape index (κ3) is 2.91. The number of alkyl halides is 1. The van der Waals surface area contributed by atoms with Crippen LogP contribution in [0.15, 0.2) is 24.3 Å². The summed E-state index contributed by atoms with van der Waals surface area (Å²) >= 11 is 3.32. The van der Waals surface area contributed by atoms with Crippen LogP contribution in [0.3, 0.4) is 0 Å². The van der Waals surface area contributed by atoms with E-state index in [4.69, 9.17) is 0 Å². The molecule has 76 valence electrons. The molecule has 0 N–H and O–H groups in total. The molecule has 1 rings (SSSR count). The van der Waals surface area contributed by atoms with Gasteiger partial charge >= 0.3 is 0 Å². The van der Waals surface area contributed by atoms with Gasteiger partial charge in [0.25, 0.3) is 0 Å². The summed E-state index contributed by atoms with van der Waals surface area (Å²) in [7, 11) is 0. The smallest absolute Gasteiger partial charge is 0.176 e. The molecular formula is C11H12BrFO. The Balaban J connectivity index is 2.74. The molecule has 0 aliphatic carbocycles. The molecule has 0 radical (unpaired) electrons. The maximum absolute atomic E-state index is 12.6. The average molecular weight is 259 g/mol. The number of halogens is 2. The highest BCUT2D eigenvalue weighted by atomic mass is 79.9. The lowest BCUT2D eigenvalue weighted by Gasteiger charge is -2.06. The van der Waals surface area contributed by atoms with Crippen molar-refractivity contribution in [2.75, 3.05) is 0 Å².